The van der Waals surface area contributed by atoms with Gasteiger partial charge < -0.3 is 18.9 Å². The number of hydrogen-bond acceptors (Lipinski definition) is 6. The summed E-state index contributed by atoms with van der Waals surface area (Å²) in [6.07, 6.45) is 0. The van der Waals surface area contributed by atoms with Crippen LogP contribution in [0.5, 0.6) is 34.5 Å². The first kappa shape index (κ1) is 56.8. The summed E-state index contributed by atoms with van der Waals surface area (Å²) in [6.45, 7) is 12.1. The Morgan fingerprint density at radius 3 is 0.932 bits per heavy atom. The van der Waals surface area contributed by atoms with Gasteiger partial charge in [-0.15, -0.1) is 0 Å². The lowest BCUT2D eigenvalue weighted by Gasteiger charge is -2.28. The predicted octanol–water partition coefficient (Wildman–Crippen LogP) is 19.9. The maximum Gasteiger partial charge on any atom is 0.193 e. The maximum absolute atomic E-state index is 12.9. The number of ketones is 1. The van der Waals surface area contributed by atoms with Crippen molar-refractivity contribution in [2.24, 2.45) is 0 Å². The van der Waals surface area contributed by atoms with Crippen molar-refractivity contribution in [1.29, 1.82) is 0 Å². The highest BCUT2D eigenvalue weighted by Crippen LogP contribution is 2.47. The lowest BCUT2D eigenvalue weighted by molar-refractivity contribution is 0.103. The molecule has 1 unspecified atom stereocenters. The number of benzene rings is 8. The molecule has 0 saturated heterocycles. The Kier molecular flexibility index (Phi) is 18.4. The molecule has 15 heteroatoms. The molecule has 0 N–H and O–H groups in total. The minimum absolute atomic E-state index is 0.0621. The van der Waals surface area contributed by atoms with Crippen LogP contribution in [0.4, 0.5) is 0 Å². The van der Waals surface area contributed by atoms with Crippen LogP contribution < -0.4 is 18.9 Å². The summed E-state index contributed by atoms with van der Waals surface area (Å²) in [4.78, 5) is 14.2. The minimum atomic E-state index is -1.29. The highest BCUT2D eigenvalue weighted by atomic mass is 35.5. The van der Waals surface area contributed by atoms with Gasteiger partial charge in [-0.05, 0) is 145 Å². The highest BCUT2D eigenvalue weighted by Gasteiger charge is 2.30. The van der Waals surface area contributed by atoms with Crippen LogP contribution in [0.1, 0.15) is 77.0 Å². The Morgan fingerprint density at radius 1 is 0.392 bits per heavy atom. The van der Waals surface area contributed by atoms with Crippen LogP contribution >= 0.6 is 92.8 Å². The normalized spacial score (nSPS) is 11.8. The first-order chi connectivity index (χ1) is 35.0. The van der Waals surface area contributed by atoms with Crippen LogP contribution in [-0.4, -0.2) is 24.2 Å². The Hall–Kier alpha value is -4.90. The molecule has 0 aliphatic heterocycles. The number of ether oxygens (including phenoxy) is 4. The van der Waals surface area contributed by atoms with Crippen LogP contribution in [0.2, 0.25) is 40.2 Å². The summed E-state index contributed by atoms with van der Waals surface area (Å²) in [5.74, 6) is 2.48. The smallest absolute Gasteiger partial charge is 0.193 e. The minimum Gasteiger partial charge on any atom is -0.494 e. The molecule has 8 rings (SSSR count). The average Bonchev–Trinajstić information content (AvgIpc) is 3.36. The lowest BCUT2D eigenvalue weighted by atomic mass is 9.78. The van der Waals surface area contributed by atoms with Crippen molar-refractivity contribution in [1.82, 2.24) is 0 Å². The van der Waals surface area contributed by atoms with E-state index in [0.29, 0.717) is 90.7 Å². The second-order valence-electron chi connectivity index (χ2n) is 18.2. The molecule has 1 atom stereocenters. The van der Waals surface area contributed by atoms with Crippen LogP contribution in [0.25, 0.3) is 0 Å². The van der Waals surface area contributed by atoms with Gasteiger partial charge in [-0.1, -0.05) is 168 Å². The highest BCUT2D eigenvalue weighted by molar-refractivity contribution is 7.85. The molecule has 0 aliphatic carbocycles. The first-order valence-corrected chi connectivity index (χ1v) is 26.9. The van der Waals surface area contributed by atoms with Crippen LogP contribution in [0.15, 0.2) is 155 Å². The van der Waals surface area contributed by atoms with E-state index in [4.69, 9.17) is 112 Å². The van der Waals surface area contributed by atoms with Gasteiger partial charge in [0.2, 0.25) is 0 Å². The fourth-order valence-electron chi connectivity index (χ4n) is 7.81. The van der Waals surface area contributed by atoms with Gasteiger partial charge in [0.05, 0.1) is 65.2 Å². The summed E-state index contributed by atoms with van der Waals surface area (Å²) in [5, 5.41) is 3.08. The third-order valence-electron chi connectivity index (χ3n) is 12.4. The van der Waals surface area contributed by atoms with Crippen LogP contribution in [0.3, 0.4) is 0 Å². The molecule has 74 heavy (non-hydrogen) atoms. The number of halogens is 8. The summed E-state index contributed by atoms with van der Waals surface area (Å²) in [6, 6.07) is 43.5. The van der Waals surface area contributed by atoms with Gasteiger partial charge in [-0.2, -0.15) is 0 Å². The Labute approximate surface area is 474 Å². The van der Waals surface area contributed by atoms with Crippen molar-refractivity contribution in [2.75, 3.05) is 14.2 Å². The monoisotopic (exact) mass is 1160 g/mol. The molecule has 8 aromatic carbocycles. The number of rotatable bonds is 14. The van der Waals surface area contributed by atoms with E-state index in [1.54, 1.807) is 48.5 Å². The van der Waals surface area contributed by atoms with Crippen LogP contribution in [0, 0.1) is 13.8 Å². The zero-order chi connectivity index (χ0) is 53.8. The lowest BCUT2D eigenvalue weighted by Crippen LogP contribution is -2.19. The van der Waals surface area contributed by atoms with Crippen molar-refractivity contribution < 1.29 is 28.0 Å². The van der Waals surface area contributed by atoms with E-state index in [0.717, 1.165) is 38.3 Å². The van der Waals surface area contributed by atoms with Gasteiger partial charge in [0.25, 0.3) is 0 Å². The molecule has 0 saturated carbocycles. The van der Waals surface area contributed by atoms with Crippen molar-refractivity contribution in [2.45, 2.75) is 62.2 Å². The summed E-state index contributed by atoms with van der Waals surface area (Å²) in [7, 11) is 1.75. The van der Waals surface area contributed by atoms with E-state index in [2.05, 4.69) is 0 Å². The Balaban J connectivity index is 0.000000216. The quantitative estimate of drug-likeness (QED) is 0.101. The van der Waals surface area contributed by atoms with E-state index in [1.807, 2.05) is 139 Å². The van der Waals surface area contributed by atoms with Gasteiger partial charge in [-0.3, -0.25) is 4.79 Å². The van der Waals surface area contributed by atoms with Gasteiger partial charge in [-0.25, -0.2) is 4.21 Å². The van der Waals surface area contributed by atoms with Gasteiger partial charge in [0, 0.05) is 31.7 Å². The van der Waals surface area contributed by atoms with E-state index in [1.165, 1.54) is 14.2 Å². The molecule has 0 fully saturated rings. The molecule has 0 aromatic heterocycles. The van der Waals surface area contributed by atoms with Crippen molar-refractivity contribution in [3.8, 4) is 34.5 Å². The molecule has 8 aromatic rings. The molecular weight excluding hydrogens is 1120 g/mol. The van der Waals surface area contributed by atoms with Crippen molar-refractivity contribution in [3.63, 3.8) is 0 Å². The molecule has 0 radical (unpaired) electrons. The zero-order valence-corrected chi connectivity index (χ0v) is 48.1. The van der Waals surface area contributed by atoms with Gasteiger partial charge in [0.1, 0.15) is 11.5 Å². The predicted molar refractivity (Wildman–Crippen MR) is 307 cm³/mol. The zero-order valence-electron chi connectivity index (χ0n) is 41.2. The number of carbonyl (C=O) groups is 1. The SMILES string of the molecule is COc1c(Cl)cc(C(C)(C)c2cc(Cl)c(Oc3ccc(C(=O)c4ccc(C)cc4)cc3)c(Cl)c2)cc1Cl.COc1c(Cl)cc(C(C)(C)c2cc(Cl)c(Oc3ccc(S(=O)c4ccc(C)cc4)cc3)c(Cl)c2)cc1Cl. The standard InChI is InChI=1S/C30H24Cl4O3.C29H24Cl4O3S/c1-17-5-7-18(8-6-17)27(35)19-9-11-22(12-10-19)37-29-25(33)15-21(16-26(29)34)30(2,3)20-13-23(31)28(36-4)24(32)14-20;1-17-5-9-21(10-6-17)37(34)22-11-7-20(8-12-22)36-28-25(32)15-19(16-26(28)33)29(2,3)18-13-23(30)27(35-4)24(31)14-18/h2*5-16H,1-4H3. The third kappa shape index (κ3) is 12.8. The van der Waals surface area contributed by atoms with E-state index >= 15 is 0 Å². The molecule has 0 aliphatic rings. The van der Waals surface area contributed by atoms with E-state index in [9.17, 15) is 9.00 Å². The molecule has 0 spiro atoms. The number of carbonyl (C=O) groups excluding carboxylic acids is 1. The second-order valence-corrected chi connectivity index (χ2v) is 22.9. The molecule has 6 nitrogen and oxygen atoms in total. The van der Waals surface area contributed by atoms with Gasteiger partial charge >= 0.3 is 0 Å². The Bertz CT molecular complexity index is 3060. The molecular formula is C59H48Cl8O6S. The molecule has 382 valence electrons. The van der Waals surface area contributed by atoms with Crippen LogP contribution in [-0.2, 0) is 21.6 Å². The summed E-state index contributed by atoms with van der Waals surface area (Å²) in [5.41, 5.74) is 5.81. The summed E-state index contributed by atoms with van der Waals surface area (Å²) < 4.78 is 35.4. The topological polar surface area (TPSA) is 71.1 Å². The number of aryl methyl sites for hydroxylation is 2. The molecule has 0 amide bonds. The number of hydrogen-bond donors (Lipinski definition) is 0. The number of methoxy groups -OCH3 is 2. The fourth-order valence-corrected chi connectivity index (χ4v) is 11.3. The molecule has 0 bridgehead atoms. The van der Waals surface area contributed by atoms with Gasteiger partial charge in [0.15, 0.2) is 28.8 Å². The Morgan fingerprint density at radius 2 is 0.635 bits per heavy atom. The largest absolute Gasteiger partial charge is 0.494 e. The maximum atomic E-state index is 12.9. The first-order valence-electron chi connectivity index (χ1n) is 22.7. The van der Waals surface area contributed by atoms with E-state index in [-0.39, 0.29) is 5.78 Å². The van der Waals surface area contributed by atoms with Crippen molar-refractivity contribution >= 4 is 109 Å². The second kappa shape index (κ2) is 24.0. The molecule has 0 heterocycles. The average molecular weight is 1170 g/mol. The van der Waals surface area contributed by atoms with Crippen molar-refractivity contribution in [3.05, 3.63) is 230 Å². The fraction of sp³-hybridized carbons (Fsp3) is 0.169. The third-order valence-corrected chi connectivity index (χ3v) is 16.1. The van der Waals surface area contributed by atoms with E-state index < -0.39 is 21.6 Å². The summed E-state index contributed by atoms with van der Waals surface area (Å²) >= 11 is 52.0.